The molecule has 0 unspecified atom stereocenters. The Hall–Kier alpha value is -7.36. The highest BCUT2D eigenvalue weighted by molar-refractivity contribution is 6.10. The van der Waals surface area contributed by atoms with E-state index in [9.17, 15) is 0 Å². The molecule has 0 bridgehead atoms. The van der Waals surface area contributed by atoms with E-state index in [4.69, 9.17) is 8.83 Å². The van der Waals surface area contributed by atoms with E-state index in [1.807, 2.05) is 24.3 Å². The number of benzene rings is 9. The van der Waals surface area contributed by atoms with Crippen molar-refractivity contribution >= 4 is 71.7 Å². The standard InChI is InChI=1S/C52H33NO2/c1-2-11-42-35(9-1)10-7-14-43(42)36-21-28-40(29-22-36)53(39-26-19-34(20-27-39)38-25-32-51-48(33-38)46-13-4-5-17-49(46)54-51)41-30-23-37(24-31-41)44-15-8-16-47-45-12-3-6-18-50(45)55-52(44)47/h1-33H. The molecule has 55 heavy (non-hydrogen) atoms. The smallest absolute Gasteiger partial charge is 0.143 e. The first-order chi connectivity index (χ1) is 27.2. The third-order valence-corrected chi connectivity index (χ3v) is 10.9. The van der Waals surface area contributed by atoms with E-state index in [2.05, 4.69) is 181 Å². The van der Waals surface area contributed by atoms with Gasteiger partial charge >= 0.3 is 0 Å². The lowest BCUT2D eigenvalue weighted by molar-refractivity contribution is 0.669. The van der Waals surface area contributed by atoms with Crippen LogP contribution < -0.4 is 4.90 Å². The molecule has 0 saturated heterocycles. The molecule has 0 aliphatic rings. The summed E-state index contributed by atoms with van der Waals surface area (Å²) in [5.74, 6) is 0. The van der Waals surface area contributed by atoms with Gasteiger partial charge in [0.2, 0.25) is 0 Å². The SMILES string of the molecule is c1ccc2c(-c3ccc(N(c4ccc(-c5ccc6oc7ccccc7c6c5)cc4)c4ccc(-c5cccc6c5oc5ccccc56)cc4)cc3)cccc2c1. The van der Waals surface area contributed by atoms with Crippen LogP contribution in [-0.4, -0.2) is 0 Å². The highest BCUT2D eigenvalue weighted by atomic mass is 16.3. The second-order valence-electron chi connectivity index (χ2n) is 14.1. The number of anilines is 3. The third kappa shape index (κ3) is 5.28. The van der Waals surface area contributed by atoms with Gasteiger partial charge in [0, 0.05) is 44.2 Å². The molecule has 3 nitrogen and oxygen atoms in total. The molecule has 11 rings (SSSR count). The van der Waals surface area contributed by atoms with Gasteiger partial charge in [-0.05, 0) is 99.3 Å². The largest absolute Gasteiger partial charge is 0.456 e. The number of hydrogen-bond acceptors (Lipinski definition) is 3. The maximum atomic E-state index is 6.40. The maximum Gasteiger partial charge on any atom is 0.143 e. The van der Waals surface area contributed by atoms with E-state index in [0.29, 0.717) is 0 Å². The molecule has 0 saturated carbocycles. The minimum atomic E-state index is 0.902. The summed E-state index contributed by atoms with van der Waals surface area (Å²) in [6.45, 7) is 0. The molecule has 3 heteroatoms. The molecule has 2 heterocycles. The zero-order valence-corrected chi connectivity index (χ0v) is 29.8. The van der Waals surface area contributed by atoms with Crippen molar-refractivity contribution in [2.45, 2.75) is 0 Å². The Kier molecular flexibility index (Phi) is 7.17. The van der Waals surface area contributed by atoms with Crippen molar-refractivity contribution in [3.05, 3.63) is 200 Å². The average Bonchev–Trinajstić information content (AvgIpc) is 3.83. The van der Waals surface area contributed by atoms with E-state index >= 15 is 0 Å². The van der Waals surface area contributed by atoms with E-state index in [0.717, 1.165) is 83.2 Å². The summed E-state index contributed by atoms with van der Waals surface area (Å²) in [4.78, 5) is 2.33. The molecular weight excluding hydrogens is 671 g/mol. The first kappa shape index (κ1) is 31.2. The van der Waals surface area contributed by atoms with Gasteiger partial charge in [0.1, 0.15) is 22.3 Å². The van der Waals surface area contributed by atoms with Gasteiger partial charge in [0.05, 0.1) is 0 Å². The van der Waals surface area contributed by atoms with Crippen LogP contribution in [0.1, 0.15) is 0 Å². The predicted octanol–water partition coefficient (Wildman–Crippen LogP) is 15.1. The first-order valence-corrected chi connectivity index (χ1v) is 18.7. The minimum absolute atomic E-state index is 0.902. The molecule has 0 amide bonds. The quantitative estimate of drug-likeness (QED) is 0.173. The zero-order chi connectivity index (χ0) is 36.3. The van der Waals surface area contributed by atoms with Gasteiger partial charge in [0.25, 0.3) is 0 Å². The Morgan fingerprint density at radius 1 is 0.291 bits per heavy atom. The summed E-state index contributed by atoms with van der Waals surface area (Å²) in [5, 5.41) is 7.02. The first-order valence-electron chi connectivity index (χ1n) is 18.7. The Bertz CT molecular complexity index is 3180. The normalized spacial score (nSPS) is 11.6. The lowest BCUT2D eigenvalue weighted by Gasteiger charge is -2.26. The van der Waals surface area contributed by atoms with Gasteiger partial charge in [-0.1, -0.05) is 140 Å². The predicted molar refractivity (Wildman–Crippen MR) is 229 cm³/mol. The van der Waals surface area contributed by atoms with Crippen molar-refractivity contribution in [3.8, 4) is 33.4 Å². The van der Waals surface area contributed by atoms with E-state index in [-0.39, 0.29) is 0 Å². The molecule has 2 aromatic heterocycles. The number of hydrogen-bond donors (Lipinski definition) is 0. The van der Waals surface area contributed by atoms with Crippen LogP contribution in [0.2, 0.25) is 0 Å². The lowest BCUT2D eigenvalue weighted by atomic mass is 9.98. The Labute approximate surface area is 317 Å². The van der Waals surface area contributed by atoms with Gasteiger partial charge in [-0.25, -0.2) is 0 Å². The van der Waals surface area contributed by atoms with Gasteiger partial charge in [-0.2, -0.15) is 0 Å². The van der Waals surface area contributed by atoms with Gasteiger partial charge in [0.15, 0.2) is 0 Å². The van der Waals surface area contributed by atoms with E-state index < -0.39 is 0 Å². The Morgan fingerprint density at radius 3 is 1.47 bits per heavy atom. The lowest BCUT2D eigenvalue weighted by Crippen LogP contribution is -2.09. The van der Waals surface area contributed by atoms with Crippen molar-refractivity contribution in [2.24, 2.45) is 0 Å². The van der Waals surface area contributed by atoms with E-state index in [1.54, 1.807) is 0 Å². The summed E-state index contributed by atoms with van der Waals surface area (Å²) in [5.41, 5.74) is 13.8. The Morgan fingerprint density at radius 2 is 0.764 bits per heavy atom. The third-order valence-electron chi connectivity index (χ3n) is 10.9. The molecule has 11 aromatic rings. The van der Waals surface area contributed by atoms with Crippen LogP contribution in [-0.2, 0) is 0 Å². The maximum absolute atomic E-state index is 6.40. The highest BCUT2D eigenvalue weighted by Gasteiger charge is 2.17. The van der Waals surface area contributed by atoms with Crippen LogP contribution in [0.5, 0.6) is 0 Å². The number of rotatable bonds is 6. The van der Waals surface area contributed by atoms with Crippen molar-refractivity contribution in [1.29, 1.82) is 0 Å². The van der Waals surface area contributed by atoms with Crippen molar-refractivity contribution < 1.29 is 8.83 Å². The summed E-state index contributed by atoms with van der Waals surface area (Å²) < 4.78 is 12.5. The fraction of sp³-hybridized carbons (Fsp3) is 0. The fourth-order valence-corrected chi connectivity index (χ4v) is 8.19. The highest BCUT2D eigenvalue weighted by Crippen LogP contribution is 2.41. The molecule has 0 aliphatic heterocycles. The van der Waals surface area contributed by atoms with Gasteiger partial charge < -0.3 is 13.7 Å². The van der Waals surface area contributed by atoms with Crippen LogP contribution >= 0.6 is 0 Å². The van der Waals surface area contributed by atoms with Crippen molar-refractivity contribution in [1.82, 2.24) is 0 Å². The van der Waals surface area contributed by atoms with Crippen LogP contribution in [0, 0.1) is 0 Å². The monoisotopic (exact) mass is 703 g/mol. The molecular formula is C52H33NO2. The molecule has 0 N–H and O–H groups in total. The number of fused-ring (bicyclic) bond motifs is 7. The van der Waals surface area contributed by atoms with Gasteiger partial charge in [-0.3, -0.25) is 0 Å². The van der Waals surface area contributed by atoms with Crippen molar-refractivity contribution in [3.63, 3.8) is 0 Å². The fourth-order valence-electron chi connectivity index (χ4n) is 8.19. The molecule has 258 valence electrons. The molecule has 9 aromatic carbocycles. The summed E-state index contributed by atoms with van der Waals surface area (Å²) in [7, 11) is 0. The molecule has 0 aliphatic carbocycles. The Balaban J connectivity index is 0.993. The average molecular weight is 704 g/mol. The minimum Gasteiger partial charge on any atom is -0.456 e. The summed E-state index contributed by atoms with van der Waals surface area (Å²) >= 11 is 0. The number of furan rings is 2. The van der Waals surface area contributed by atoms with E-state index in [1.165, 1.54) is 21.9 Å². The number of nitrogens with zero attached hydrogens (tertiary/aromatic N) is 1. The molecule has 0 fully saturated rings. The second kappa shape index (κ2) is 12.6. The van der Waals surface area contributed by atoms with Crippen LogP contribution in [0.4, 0.5) is 17.1 Å². The molecule has 0 spiro atoms. The van der Waals surface area contributed by atoms with Crippen LogP contribution in [0.15, 0.2) is 209 Å². The van der Waals surface area contributed by atoms with Crippen LogP contribution in [0.3, 0.4) is 0 Å². The molecule has 0 atom stereocenters. The topological polar surface area (TPSA) is 29.5 Å². The second-order valence-corrected chi connectivity index (χ2v) is 14.1. The molecule has 0 radical (unpaired) electrons. The van der Waals surface area contributed by atoms with Crippen LogP contribution in [0.25, 0.3) is 88.0 Å². The summed E-state index contributed by atoms with van der Waals surface area (Å²) in [6.07, 6.45) is 0. The van der Waals surface area contributed by atoms with Gasteiger partial charge in [-0.15, -0.1) is 0 Å². The van der Waals surface area contributed by atoms with Crippen molar-refractivity contribution in [2.75, 3.05) is 4.90 Å². The number of para-hydroxylation sites is 3. The zero-order valence-electron chi connectivity index (χ0n) is 29.8. The summed E-state index contributed by atoms with van der Waals surface area (Å²) in [6, 6.07) is 71.1.